The molecule has 0 saturated carbocycles. The summed E-state index contributed by atoms with van der Waals surface area (Å²) in [7, 11) is 1.79. The first-order chi connectivity index (χ1) is 16.2. The van der Waals surface area contributed by atoms with Crippen molar-refractivity contribution in [3.63, 3.8) is 0 Å². The Morgan fingerprint density at radius 2 is 1.68 bits per heavy atom. The SMILES string of the molecule is CCN(CC)CCOc1ccc(CNC(=NC)NCc2ccccc2Cn2cccn2)cc1.I. The van der Waals surface area contributed by atoms with Crippen LogP contribution in [-0.4, -0.2) is 53.9 Å². The maximum absolute atomic E-state index is 5.87. The van der Waals surface area contributed by atoms with E-state index in [1.165, 1.54) is 16.7 Å². The second kappa shape index (κ2) is 15.3. The first-order valence-corrected chi connectivity index (χ1v) is 11.6. The van der Waals surface area contributed by atoms with Crippen LogP contribution < -0.4 is 15.4 Å². The van der Waals surface area contributed by atoms with Crippen molar-refractivity contribution in [1.82, 2.24) is 25.3 Å². The number of hydrogen-bond donors (Lipinski definition) is 2. The van der Waals surface area contributed by atoms with Crippen LogP contribution in [0, 0.1) is 0 Å². The Morgan fingerprint density at radius 1 is 0.971 bits per heavy atom. The average Bonchev–Trinajstić information content (AvgIpc) is 3.37. The third kappa shape index (κ3) is 8.98. The largest absolute Gasteiger partial charge is 0.492 e. The zero-order chi connectivity index (χ0) is 23.3. The van der Waals surface area contributed by atoms with E-state index in [0.29, 0.717) is 19.7 Å². The number of nitrogens with one attached hydrogen (secondary N) is 2. The third-order valence-corrected chi connectivity index (χ3v) is 5.63. The van der Waals surface area contributed by atoms with Gasteiger partial charge in [-0.2, -0.15) is 5.10 Å². The Hall–Kier alpha value is -2.59. The summed E-state index contributed by atoms with van der Waals surface area (Å²) in [5.74, 6) is 1.67. The third-order valence-electron chi connectivity index (χ3n) is 5.63. The first-order valence-electron chi connectivity index (χ1n) is 11.6. The fraction of sp³-hybridized carbons (Fsp3) is 0.385. The van der Waals surface area contributed by atoms with Crippen molar-refractivity contribution < 1.29 is 4.74 Å². The van der Waals surface area contributed by atoms with E-state index in [4.69, 9.17) is 4.74 Å². The van der Waals surface area contributed by atoms with E-state index < -0.39 is 0 Å². The monoisotopic (exact) mass is 576 g/mol. The van der Waals surface area contributed by atoms with Crippen molar-refractivity contribution in [1.29, 1.82) is 0 Å². The van der Waals surface area contributed by atoms with Crippen LogP contribution in [0.3, 0.4) is 0 Å². The summed E-state index contributed by atoms with van der Waals surface area (Å²) in [5, 5.41) is 11.1. The summed E-state index contributed by atoms with van der Waals surface area (Å²) in [6.45, 7) is 10.2. The van der Waals surface area contributed by atoms with Crippen LogP contribution in [0.2, 0.25) is 0 Å². The van der Waals surface area contributed by atoms with Crippen molar-refractivity contribution in [2.75, 3.05) is 33.3 Å². The van der Waals surface area contributed by atoms with Gasteiger partial charge in [0.05, 0.1) is 6.54 Å². The second-order valence-electron chi connectivity index (χ2n) is 7.77. The van der Waals surface area contributed by atoms with Gasteiger partial charge in [-0.15, -0.1) is 24.0 Å². The minimum atomic E-state index is 0. The van der Waals surface area contributed by atoms with E-state index in [0.717, 1.165) is 37.9 Å². The van der Waals surface area contributed by atoms with Gasteiger partial charge in [0.15, 0.2) is 5.96 Å². The number of rotatable bonds is 12. The van der Waals surface area contributed by atoms with E-state index in [1.807, 2.05) is 29.1 Å². The number of ether oxygens (including phenoxy) is 1. The Balaban J connectivity index is 0.00000408. The molecule has 2 N–H and O–H groups in total. The molecule has 0 aliphatic carbocycles. The van der Waals surface area contributed by atoms with Gasteiger partial charge in [0.25, 0.3) is 0 Å². The molecule has 1 heterocycles. The topological polar surface area (TPSA) is 66.7 Å². The molecule has 3 rings (SSSR count). The Morgan fingerprint density at radius 3 is 2.32 bits per heavy atom. The molecule has 2 aromatic carbocycles. The number of aliphatic imine (C=N–C) groups is 1. The number of halogens is 1. The molecule has 0 atom stereocenters. The predicted octanol–water partition coefficient (Wildman–Crippen LogP) is 4.14. The van der Waals surface area contributed by atoms with Gasteiger partial charge in [0.1, 0.15) is 12.4 Å². The van der Waals surface area contributed by atoms with Gasteiger partial charge in [-0.1, -0.05) is 50.2 Å². The molecule has 0 saturated heterocycles. The molecular weight excluding hydrogens is 539 g/mol. The second-order valence-corrected chi connectivity index (χ2v) is 7.77. The minimum Gasteiger partial charge on any atom is -0.492 e. The molecular formula is C26H37IN6O. The number of benzene rings is 2. The highest BCUT2D eigenvalue weighted by atomic mass is 127. The van der Waals surface area contributed by atoms with Crippen LogP contribution in [-0.2, 0) is 19.6 Å². The van der Waals surface area contributed by atoms with Crippen molar-refractivity contribution in [3.8, 4) is 5.75 Å². The maximum Gasteiger partial charge on any atom is 0.191 e. The van der Waals surface area contributed by atoms with Gasteiger partial charge < -0.3 is 20.3 Å². The van der Waals surface area contributed by atoms with Crippen molar-refractivity contribution >= 4 is 29.9 Å². The fourth-order valence-electron chi connectivity index (χ4n) is 3.57. The van der Waals surface area contributed by atoms with E-state index in [9.17, 15) is 0 Å². The zero-order valence-corrected chi connectivity index (χ0v) is 22.7. The van der Waals surface area contributed by atoms with Crippen molar-refractivity contribution in [2.45, 2.75) is 33.5 Å². The quantitative estimate of drug-likeness (QED) is 0.193. The summed E-state index contributed by atoms with van der Waals surface area (Å²) in [6.07, 6.45) is 3.78. The van der Waals surface area contributed by atoms with Crippen LogP contribution in [0.15, 0.2) is 72.0 Å². The molecule has 3 aromatic rings. The standard InChI is InChI=1S/C26H36N6O.HI/c1-4-31(5-2)17-18-33-25-13-11-22(12-14-25)19-28-26(27-3)29-20-23-9-6-7-10-24(23)21-32-16-8-15-30-32;/h6-16H,4-5,17-21H2,1-3H3,(H2,27,28,29);1H. The van der Waals surface area contributed by atoms with Crippen LogP contribution in [0.25, 0.3) is 0 Å². The predicted molar refractivity (Wildman–Crippen MR) is 150 cm³/mol. The van der Waals surface area contributed by atoms with Crippen LogP contribution in [0.4, 0.5) is 0 Å². The highest BCUT2D eigenvalue weighted by Crippen LogP contribution is 2.13. The summed E-state index contributed by atoms with van der Waals surface area (Å²) in [6, 6.07) is 18.6. The van der Waals surface area contributed by atoms with E-state index in [1.54, 1.807) is 13.2 Å². The average molecular weight is 577 g/mol. The molecule has 0 bridgehead atoms. The Labute approximate surface area is 220 Å². The number of guanidine groups is 1. The van der Waals surface area contributed by atoms with E-state index in [2.05, 4.69) is 75.9 Å². The van der Waals surface area contributed by atoms with Gasteiger partial charge >= 0.3 is 0 Å². The summed E-state index contributed by atoms with van der Waals surface area (Å²) in [4.78, 5) is 6.72. The van der Waals surface area contributed by atoms with Crippen LogP contribution in [0.1, 0.15) is 30.5 Å². The molecule has 7 nitrogen and oxygen atoms in total. The van der Waals surface area contributed by atoms with Gasteiger partial charge in [0.2, 0.25) is 0 Å². The van der Waals surface area contributed by atoms with Crippen molar-refractivity contribution in [3.05, 3.63) is 83.7 Å². The van der Waals surface area contributed by atoms with E-state index in [-0.39, 0.29) is 24.0 Å². The highest BCUT2D eigenvalue weighted by Gasteiger charge is 2.05. The lowest BCUT2D eigenvalue weighted by molar-refractivity contribution is 0.223. The molecule has 0 fully saturated rings. The van der Waals surface area contributed by atoms with Crippen LogP contribution >= 0.6 is 24.0 Å². The Bertz CT molecular complexity index is 971. The molecule has 0 unspecified atom stereocenters. The molecule has 8 heteroatoms. The molecule has 1 aromatic heterocycles. The number of likely N-dealkylation sites (N-methyl/N-ethyl adjacent to an activating group) is 1. The maximum atomic E-state index is 5.87. The van der Waals surface area contributed by atoms with Gasteiger partial charge in [-0.05, 0) is 48.0 Å². The lowest BCUT2D eigenvalue weighted by atomic mass is 10.1. The lowest BCUT2D eigenvalue weighted by Crippen LogP contribution is -2.36. The van der Waals surface area contributed by atoms with Crippen molar-refractivity contribution in [2.24, 2.45) is 4.99 Å². The molecule has 0 aliphatic rings. The summed E-state index contributed by atoms with van der Waals surface area (Å²) < 4.78 is 7.81. The lowest BCUT2D eigenvalue weighted by Gasteiger charge is -2.18. The minimum absolute atomic E-state index is 0. The molecule has 0 spiro atoms. The highest BCUT2D eigenvalue weighted by molar-refractivity contribution is 14.0. The fourth-order valence-corrected chi connectivity index (χ4v) is 3.57. The molecule has 0 amide bonds. The smallest absolute Gasteiger partial charge is 0.191 e. The van der Waals surface area contributed by atoms with Gasteiger partial charge in [0, 0.05) is 39.1 Å². The Kier molecular flexibility index (Phi) is 12.5. The molecule has 0 radical (unpaired) electrons. The summed E-state index contributed by atoms with van der Waals surface area (Å²) >= 11 is 0. The van der Waals surface area contributed by atoms with Gasteiger partial charge in [-0.25, -0.2) is 0 Å². The number of hydrogen-bond acceptors (Lipinski definition) is 4. The molecule has 184 valence electrons. The number of nitrogens with zero attached hydrogens (tertiary/aromatic N) is 4. The summed E-state index contributed by atoms with van der Waals surface area (Å²) in [5.41, 5.74) is 3.64. The first kappa shape index (κ1) is 27.7. The van der Waals surface area contributed by atoms with E-state index >= 15 is 0 Å². The van der Waals surface area contributed by atoms with Gasteiger partial charge in [-0.3, -0.25) is 9.67 Å². The molecule has 0 aliphatic heterocycles. The zero-order valence-electron chi connectivity index (χ0n) is 20.4. The molecule has 34 heavy (non-hydrogen) atoms. The van der Waals surface area contributed by atoms with Crippen LogP contribution in [0.5, 0.6) is 5.75 Å². The normalized spacial score (nSPS) is 11.2. The number of aromatic nitrogens is 2.